The van der Waals surface area contributed by atoms with Crippen LogP contribution in [0.4, 0.5) is 0 Å². The molecule has 3 aromatic rings. The summed E-state index contributed by atoms with van der Waals surface area (Å²) >= 11 is 0. The van der Waals surface area contributed by atoms with Crippen LogP contribution in [0.3, 0.4) is 0 Å². The second-order valence-corrected chi connectivity index (χ2v) is 6.94. The van der Waals surface area contributed by atoms with E-state index in [9.17, 15) is 4.79 Å². The van der Waals surface area contributed by atoms with Crippen molar-refractivity contribution >= 4 is 5.91 Å². The van der Waals surface area contributed by atoms with Crippen LogP contribution < -0.4 is 4.74 Å². The molecule has 0 aliphatic rings. The largest absolute Gasteiger partial charge is 0.497 e. The number of oxazole rings is 1. The lowest BCUT2D eigenvalue weighted by Crippen LogP contribution is -2.29. The van der Waals surface area contributed by atoms with Crippen LogP contribution >= 0.6 is 0 Å². The molecule has 28 heavy (non-hydrogen) atoms. The van der Waals surface area contributed by atoms with Crippen molar-refractivity contribution in [1.82, 2.24) is 9.88 Å². The molecule has 1 aromatic heterocycles. The molecule has 1 unspecified atom stereocenters. The maximum Gasteiger partial charge on any atom is 0.223 e. The third kappa shape index (κ3) is 4.60. The van der Waals surface area contributed by atoms with Crippen molar-refractivity contribution in [2.75, 3.05) is 14.2 Å². The Bertz CT molecular complexity index is 914. The molecule has 0 saturated heterocycles. The zero-order valence-electron chi connectivity index (χ0n) is 16.8. The van der Waals surface area contributed by atoms with E-state index in [-0.39, 0.29) is 11.9 Å². The van der Waals surface area contributed by atoms with E-state index in [4.69, 9.17) is 9.15 Å². The molecule has 0 bridgehead atoms. The average molecular weight is 378 g/mol. The van der Waals surface area contributed by atoms with E-state index in [0.29, 0.717) is 18.7 Å². The fourth-order valence-corrected chi connectivity index (χ4v) is 2.99. The van der Waals surface area contributed by atoms with Gasteiger partial charge in [-0.15, -0.1) is 0 Å². The molecule has 0 spiro atoms. The van der Waals surface area contributed by atoms with Crippen molar-refractivity contribution in [1.29, 1.82) is 0 Å². The molecular weight excluding hydrogens is 352 g/mol. The number of hydrogen-bond donors (Lipinski definition) is 0. The van der Waals surface area contributed by atoms with Gasteiger partial charge in [-0.1, -0.05) is 42.0 Å². The number of carbonyl (C=O) groups is 1. The zero-order chi connectivity index (χ0) is 20.1. The molecule has 5 nitrogen and oxygen atoms in total. The second-order valence-electron chi connectivity index (χ2n) is 6.94. The lowest BCUT2D eigenvalue weighted by Gasteiger charge is -2.25. The number of hydrogen-bond acceptors (Lipinski definition) is 4. The quantitative estimate of drug-likeness (QED) is 0.592. The normalized spacial score (nSPS) is 11.9. The number of aromatic nitrogens is 1. The molecule has 146 valence electrons. The van der Waals surface area contributed by atoms with Gasteiger partial charge in [0.25, 0.3) is 0 Å². The first-order valence-corrected chi connectivity index (χ1v) is 9.39. The number of rotatable bonds is 7. The highest BCUT2D eigenvalue weighted by Crippen LogP contribution is 2.24. The number of nitrogens with zero attached hydrogens (tertiary/aromatic N) is 2. The molecule has 1 atom stereocenters. The summed E-state index contributed by atoms with van der Waals surface area (Å²) in [5.74, 6) is 2.16. The number of benzene rings is 2. The van der Waals surface area contributed by atoms with Gasteiger partial charge in [0, 0.05) is 25.5 Å². The molecule has 2 aromatic carbocycles. The first-order valence-electron chi connectivity index (χ1n) is 9.39. The Labute approximate surface area is 166 Å². The first-order chi connectivity index (χ1) is 13.5. The first kappa shape index (κ1) is 19.7. The third-order valence-corrected chi connectivity index (χ3v) is 5.01. The summed E-state index contributed by atoms with van der Waals surface area (Å²) < 4.78 is 11.0. The van der Waals surface area contributed by atoms with Crippen molar-refractivity contribution < 1.29 is 13.9 Å². The SMILES string of the molecule is COc1ccc(C(C)N(C)C(=O)CCc2ncc(-c3ccc(C)cc3)o2)cc1. The van der Waals surface area contributed by atoms with Gasteiger partial charge < -0.3 is 14.1 Å². The van der Waals surface area contributed by atoms with Gasteiger partial charge in [0.05, 0.1) is 19.3 Å². The molecule has 0 fully saturated rings. The molecule has 1 heterocycles. The van der Waals surface area contributed by atoms with Crippen LogP contribution in [0, 0.1) is 6.92 Å². The van der Waals surface area contributed by atoms with Gasteiger partial charge >= 0.3 is 0 Å². The predicted octanol–water partition coefficient (Wildman–Crippen LogP) is 4.81. The van der Waals surface area contributed by atoms with E-state index in [0.717, 1.165) is 22.6 Å². The third-order valence-electron chi connectivity index (χ3n) is 5.01. The summed E-state index contributed by atoms with van der Waals surface area (Å²) in [6, 6.07) is 15.8. The number of carbonyl (C=O) groups excluding carboxylic acids is 1. The van der Waals surface area contributed by atoms with Crippen molar-refractivity contribution in [3.63, 3.8) is 0 Å². The smallest absolute Gasteiger partial charge is 0.223 e. The fourth-order valence-electron chi connectivity index (χ4n) is 2.99. The molecule has 0 aliphatic carbocycles. The van der Waals surface area contributed by atoms with Crippen LogP contribution in [0.15, 0.2) is 59.1 Å². The Morgan fingerprint density at radius 2 is 1.82 bits per heavy atom. The highest BCUT2D eigenvalue weighted by molar-refractivity contribution is 5.76. The van der Waals surface area contributed by atoms with Gasteiger partial charge in [0.15, 0.2) is 11.7 Å². The van der Waals surface area contributed by atoms with Crippen LogP contribution in [0.5, 0.6) is 5.75 Å². The minimum Gasteiger partial charge on any atom is -0.497 e. The van der Waals surface area contributed by atoms with Gasteiger partial charge in [-0.3, -0.25) is 4.79 Å². The maximum atomic E-state index is 12.6. The van der Waals surface area contributed by atoms with Crippen molar-refractivity contribution in [3.8, 4) is 17.1 Å². The number of ether oxygens (including phenoxy) is 1. The summed E-state index contributed by atoms with van der Waals surface area (Å²) in [6.07, 6.45) is 2.55. The van der Waals surface area contributed by atoms with Gasteiger partial charge in [-0.2, -0.15) is 0 Å². The highest BCUT2D eigenvalue weighted by Gasteiger charge is 2.18. The fraction of sp³-hybridized carbons (Fsp3) is 0.304. The molecule has 0 aliphatic heterocycles. The van der Waals surface area contributed by atoms with Crippen LogP contribution in [-0.4, -0.2) is 29.9 Å². The Morgan fingerprint density at radius 3 is 2.46 bits per heavy atom. The van der Waals surface area contributed by atoms with E-state index >= 15 is 0 Å². The van der Waals surface area contributed by atoms with E-state index < -0.39 is 0 Å². The van der Waals surface area contributed by atoms with Crippen LogP contribution in [0.2, 0.25) is 0 Å². The average Bonchev–Trinajstić information content (AvgIpc) is 3.20. The Morgan fingerprint density at radius 1 is 1.14 bits per heavy atom. The highest BCUT2D eigenvalue weighted by atomic mass is 16.5. The van der Waals surface area contributed by atoms with Gasteiger partial charge in [0.1, 0.15) is 5.75 Å². The van der Waals surface area contributed by atoms with E-state index in [1.54, 1.807) is 18.2 Å². The number of aryl methyl sites for hydroxylation is 2. The minimum atomic E-state index is -0.0221. The minimum absolute atomic E-state index is 0.0221. The topological polar surface area (TPSA) is 55.6 Å². The number of methoxy groups -OCH3 is 1. The zero-order valence-corrected chi connectivity index (χ0v) is 16.8. The summed E-state index contributed by atoms with van der Waals surface area (Å²) in [6.45, 7) is 4.06. The van der Waals surface area contributed by atoms with Crippen molar-refractivity contribution in [2.24, 2.45) is 0 Å². The molecule has 0 saturated carbocycles. The molecule has 1 amide bonds. The van der Waals surface area contributed by atoms with Crippen molar-refractivity contribution in [2.45, 2.75) is 32.7 Å². The number of amides is 1. The molecule has 0 N–H and O–H groups in total. The van der Waals surface area contributed by atoms with Gasteiger partial charge in [-0.05, 0) is 31.5 Å². The Kier molecular flexibility index (Phi) is 6.14. The van der Waals surface area contributed by atoms with E-state index in [2.05, 4.69) is 4.98 Å². The van der Waals surface area contributed by atoms with E-state index in [1.165, 1.54) is 5.56 Å². The van der Waals surface area contributed by atoms with Gasteiger partial charge in [0.2, 0.25) is 5.91 Å². The van der Waals surface area contributed by atoms with Crippen molar-refractivity contribution in [3.05, 3.63) is 71.7 Å². The molecule has 3 rings (SSSR count). The summed E-state index contributed by atoms with van der Waals surface area (Å²) in [7, 11) is 3.46. The second kappa shape index (κ2) is 8.74. The monoisotopic (exact) mass is 378 g/mol. The van der Waals surface area contributed by atoms with Crippen LogP contribution in [0.25, 0.3) is 11.3 Å². The summed E-state index contributed by atoms with van der Waals surface area (Å²) in [5.41, 5.74) is 3.25. The van der Waals surface area contributed by atoms with Gasteiger partial charge in [-0.25, -0.2) is 4.98 Å². The Hall–Kier alpha value is -3.08. The summed E-state index contributed by atoms with van der Waals surface area (Å²) in [4.78, 5) is 18.7. The van der Waals surface area contributed by atoms with Crippen LogP contribution in [0.1, 0.15) is 36.4 Å². The maximum absolute atomic E-state index is 12.6. The lowest BCUT2D eigenvalue weighted by molar-refractivity contribution is -0.131. The molecule has 0 radical (unpaired) electrons. The Balaban J connectivity index is 1.57. The lowest BCUT2D eigenvalue weighted by atomic mass is 10.1. The predicted molar refractivity (Wildman–Crippen MR) is 109 cm³/mol. The summed E-state index contributed by atoms with van der Waals surface area (Å²) in [5, 5.41) is 0. The molecule has 5 heteroatoms. The standard InChI is InChI=1S/C23H26N2O3/c1-16-5-7-19(8-6-16)21-15-24-22(28-21)13-14-23(26)25(3)17(2)18-9-11-20(27-4)12-10-18/h5-12,15,17H,13-14H2,1-4H3. The molecular formula is C23H26N2O3. The van der Waals surface area contributed by atoms with E-state index in [1.807, 2.05) is 69.4 Å². The van der Waals surface area contributed by atoms with Crippen LogP contribution in [-0.2, 0) is 11.2 Å².